The second-order valence-corrected chi connectivity index (χ2v) is 10.9. The van der Waals surface area contributed by atoms with E-state index in [1.54, 1.807) is 0 Å². The van der Waals surface area contributed by atoms with Gasteiger partial charge in [0.1, 0.15) is 24.6 Å². The van der Waals surface area contributed by atoms with Crippen LogP contribution < -0.4 is 21.5 Å². The van der Waals surface area contributed by atoms with E-state index in [4.69, 9.17) is 39.8 Å². The highest BCUT2D eigenvalue weighted by atomic mass is 79.9. The van der Waals surface area contributed by atoms with Crippen molar-refractivity contribution in [1.82, 2.24) is 14.5 Å². The van der Waals surface area contributed by atoms with Crippen LogP contribution >= 0.6 is 34.8 Å². The summed E-state index contributed by atoms with van der Waals surface area (Å²) in [7, 11) is 0. The molecule has 194 valence electrons. The van der Waals surface area contributed by atoms with Crippen molar-refractivity contribution < 1.29 is 21.5 Å². The first-order valence-electron chi connectivity index (χ1n) is 12.0. The van der Waals surface area contributed by atoms with Gasteiger partial charge < -0.3 is 17.0 Å². The summed E-state index contributed by atoms with van der Waals surface area (Å²) in [6.45, 7) is 17.3. The molecule has 35 heavy (non-hydrogen) atoms. The minimum atomic E-state index is -0.750. The number of hydrogen-bond donors (Lipinski definition) is 0. The molecule has 2 heterocycles. The van der Waals surface area contributed by atoms with Gasteiger partial charge >= 0.3 is 0 Å². The van der Waals surface area contributed by atoms with Gasteiger partial charge in [-0.1, -0.05) is 101 Å². The summed E-state index contributed by atoms with van der Waals surface area (Å²) in [6.07, 6.45) is 6.53. The molecule has 0 bridgehead atoms. The Kier molecular flexibility index (Phi) is 14.5. The molecule has 4 nitrogen and oxygen atoms in total. The van der Waals surface area contributed by atoms with E-state index in [9.17, 15) is 0 Å². The van der Waals surface area contributed by atoms with Gasteiger partial charge in [-0.2, -0.15) is 0 Å². The van der Waals surface area contributed by atoms with E-state index in [-0.39, 0.29) is 17.0 Å². The van der Waals surface area contributed by atoms with E-state index in [2.05, 4.69) is 111 Å². The van der Waals surface area contributed by atoms with E-state index in [0.29, 0.717) is 11.8 Å². The van der Waals surface area contributed by atoms with Crippen LogP contribution in [0.15, 0.2) is 55.1 Å². The molecule has 3 aromatic rings. The Labute approximate surface area is 237 Å². The van der Waals surface area contributed by atoms with Gasteiger partial charge in [-0.3, -0.25) is 9.88 Å². The Morgan fingerprint density at radius 3 is 1.91 bits per heavy atom. The van der Waals surface area contributed by atoms with Gasteiger partial charge in [-0.25, -0.2) is 9.13 Å². The van der Waals surface area contributed by atoms with Crippen LogP contribution in [0.1, 0.15) is 75.9 Å². The minimum Gasteiger partial charge on any atom is -1.00 e. The molecule has 0 aliphatic carbocycles. The monoisotopic (exact) mass is 602 g/mol. The van der Waals surface area contributed by atoms with E-state index < -0.39 is 4.30 Å². The highest BCUT2D eigenvalue weighted by Gasteiger charge is 2.20. The van der Waals surface area contributed by atoms with Crippen molar-refractivity contribution in [2.45, 2.75) is 70.8 Å². The van der Waals surface area contributed by atoms with Crippen molar-refractivity contribution in [2.75, 3.05) is 13.1 Å². The molecule has 0 N–H and O–H groups in total. The lowest BCUT2D eigenvalue weighted by molar-refractivity contribution is -0.688. The van der Waals surface area contributed by atoms with Crippen molar-refractivity contribution >= 4 is 34.8 Å². The number of alkyl halides is 3. The number of nitrogens with zero attached hydrogens (tertiary/aromatic N) is 4. The largest absolute Gasteiger partial charge is 1.00 e. The average molecular weight is 605 g/mol. The maximum absolute atomic E-state index is 4.91. The first-order valence-corrected chi connectivity index (χ1v) is 13.3. The lowest BCUT2D eigenvalue weighted by Crippen LogP contribution is -3.00. The van der Waals surface area contributed by atoms with Crippen LogP contribution in [-0.4, -0.2) is 31.8 Å². The Morgan fingerprint density at radius 1 is 0.886 bits per heavy atom. The summed E-state index contributed by atoms with van der Waals surface area (Å²) in [5.74, 6) is 0.959. The number of rotatable bonds is 9. The molecule has 0 fully saturated rings. The molecule has 0 saturated carbocycles. The Balaban J connectivity index is 0.00000114. The summed E-state index contributed by atoms with van der Waals surface area (Å²) in [4.78, 5) is 7.30. The van der Waals surface area contributed by atoms with Crippen LogP contribution in [-0.2, 0) is 13.1 Å². The summed E-state index contributed by atoms with van der Waals surface area (Å²) >= 11 is 14.4. The van der Waals surface area contributed by atoms with Crippen LogP contribution in [0.2, 0.25) is 0 Å². The van der Waals surface area contributed by atoms with Crippen molar-refractivity contribution in [2.24, 2.45) is 0 Å². The number of para-hydroxylation sites is 1. The molecule has 1 aromatic carbocycles. The first-order chi connectivity index (χ1) is 16.2. The molecule has 8 heteroatoms. The van der Waals surface area contributed by atoms with Gasteiger partial charge in [0.15, 0.2) is 4.30 Å². The lowest BCUT2D eigenvalue weighted by atomic mass is 9.92. The Morgan fingerprint density at radius 2 is 1.40 bits per heavy atom. The molecule has 0 aliphatic heterocycles. The fourth-order valence-corrected chi connectivity index (χ4v) is 4.00. The van der Waals surface area contributed by atoms with Crippen molar-refractivity contribution in [3.8, 4) is 5.69 Å². The molecular weight excluding hydrogens is 567 g/mol. The zero-order valence-electron chi connectivity index (χ0n) is 21.6. The predicted octanol–water partition coefficient (Wildman–Crippen LogP) is 4.29. The van der Waals surface area contributed by atoms with E-state index >= 15 is 0 Å². The minimum absolute atomic E-state index is 0. The van der Waals surface area contributed by atoms with E-state index in [0.717, 1.165) is 37.6 Å². The normalized spacial score (nSPS) is 11.1. The SMILES string of the molecule is CCN(CC)Cc1cccc(C[n+]2ccn(-c3c(C(C)C)cccc3C(C)C)c2)n1.ClC(Cl)Cl.[Br-]. The van der Waals surface area contributed by atoms with Crippen molar-refractivity contribution in [3.63, 3.8) is 0 Å². The van der Waals surface area contributed by atoms with Gasteiger partial charge in [0.25, 0.3) is 0 Å². The predicted molar refractivity (Wildman–Crippen MR) is 145 cm³/mol. The topological polar surface area (TPSA) is 24.9 Å². The Bertz CT molecular complexity index is 988. The molecule has 0 unspecified atom stereocenters. The second kappa shape index (κ2) is 15.9. The maximum atomic E-state index is 4.91. The van der Waals surface area contributed by atoms with Crippen LogP contribution in [0.5, 0.6) is 0 Å². The quantitative estimate of drug-likeness (QED) is 0.269. The third-order valence-electron chi connectivity index (χ3n) is 5.78. The molecule has 0 atom stereocenters. The molecule has 2 aromatic heterocycles. The third-order valence-corrected chi connectivity index (χ3v) is 5.78. The molecular formula is C27H38BrCl3N4. The summed E-state index contributed by atoms with van der Waals surface area (Å²) in [5.41, 5.74) is 6.35. The number of benzene rings is 1. The molecule has 0 aliphatic rings. The molecule has 0 saturated heterocycles. The van der Waals surface area contributed by atoms with Gasteiger partial charge in [-0.15, -0.1) is 0 Å². The zero-order chi connectivity index (χ0) is 25.3. The number of hydrogen-bond acceptors (Lipinski definition) is 2. The third kappa shape index (κ3) is 10.0. The van der Waals surface area contributed by atoms with Gasteiger partial charge in [0.2, 0.25) is 6.33 Å². The highest BCUT2D eigenvalue weighted by Crippen LogP contribution is 2.30. The Hall–Kier alpha value is -1.11. The fourth-order valence-electron chi connectivity index (χ4n) is 4.00. The van der Waals surface area contributed by atoms with Gasteiger partial charge in [-0.05, 0) is 37.1 Å². The van der Waals surface area contributed by atoms with Gasteiger partial charge in [0.05, 0.1) is 11.4 Å². The van der Waals surface area contributed by atoms with E-state index in [1.807, 2.05) is 0 Å². The number of pyridine rings is 1. The van der Waals surface area contributed by atoms with Crippen molar-refractivity contribution in [1.29, 1.82) is 0 Å². The van der Waals surface area contributed by atoms with Gasteiger partial charge in [0, 0.05) is 17.7 Å². The van der Waals surface area contributed by atoms with Crippen LogP contribution in [0, 0.1) is 0 Å². The standard InChI is InChI=1S/C26H37N4.CHCl3.BrH/c1-7-28(8-2)17-22-11-9-12-23(27-22)18-29-15-16-30(19-29)26-24(20(3)4)13-10-14-25(26)21(5)6;2-1(3)4;/h9-16,19-21H,7-8,17-18H2,1-6H3;1H;1H/q+1;;/p-1. The maximum Gasteiger partial charge on any atom is 0.249 e. The number of halogens is 4. The zero-order valence-corrected chi connectivity index (χ0v) is 25.4. The van der Waals surface area contributed by atoms with Crippen LogP contribution in [0.25, 0.3) is 5.69 Å². The molecule has 0 radical (unpaired) electrons. The first kappa shape index (κ1) is 31.9. The highest BCUT2D eigenvalue weighted by molar-refractivity contribution is 6.63. The molecule has 3 rings (SSSR count). The summed E-state index contributed by atoms with van der Waals surface area (Å²) in [5, 5.41) is 0. The van der Waals surface area contributed by atoms with E-state index in [1.165, 1.54) is 16.8 Å². The lowest BCUT2D eigenvalue weighted by Gasteiger charge is -2.17. The van der Waals surface area contributed by atoms with Crippen LogP contribution in [0.3, 0.4) is 0 Å². The second-order valence-electron chi connectivity index (χ2n) is 8.92. The van der Waals surface area contributed by atoms with Crippen molar-refractivity contribution in [3.05, 3.63) is 77.6 Å². The molecule has 0 spiro atoms. The number of aromatic nitrogens is 3. The summed E-state index contributed by atoms with van der Waals surface area (Å²) < 4.78 is 3.76. The van der Waals surface area contributed by atoms with Crippen LogP contribution in [0.4, 0.5) is 0 Å². The smallest absolute Gasteiger partial charge is 0.249 e. The fraction of sp³-hybridized carbons (Fsp3) is 0.481. The molecule has 0 amide bonds. The average Bonchev–Trinajstić information content (AvgIpc) is 3.24. The summed E-state index contributed by atoms with van der Waals surface area (Å²) in [6, 6.07) is 13.1. The number of imidazole rings is 1.